The minimum Gasteiger partial charge on any atom is -0.398 e. The lowest BCUT2D eigenvalue weighted by Gasteiger charge is -2.06. The number of anilines is 2. The number of rotatable bonds is 1. The third-order valence-electron chi connectivity index (χ3n) is 2.35. The first-order chi connectivity index (χ1) is 7.39. The van der Waals surface area contributed by atoms with Crippen LogP contribution in [-0.4, -0.2) is 13.0 Å². The van der Waals surface area contributed by atoms with Gasteiger partial charge in [0.25, 0.3) is 10.1 Å². The fourth-order valence-corrected chi connectivity index (χ4v) is 2.04. The predicted octanol–water partition coefficient (Wildman–Crippen LogP) is 1.25. The van der Waals surface area contributed by atoms with Crippen molar-refractivity contribution < 1.29 is 13.0 Å². The van der Waals surface area contributed by atoms with Crippen molar-refractivity contribution in [2.24, 2.45) is 0 Å². The van der Waals surface area contributed by atoms with E-state index < -0.39 is 10.1 Å². The van der Waals surface area contributed by atoms with Crippen LogP contribution in [0.15, 0.2) is 35.2 Å². The third kappa shape index (κ3) is 1.68. The summed E-state index contributed by atoms with van der Waals surface area (Å²) >= 11 is 0. The second-order valence-corrected chi connectivity index (χ2v) is 4.85. The van der Waals surface area contributed by atoms with Crippen molar-refractivity contribution in [1.82, 2.24) is 0 Å². The molecule has 2 aromatic rings. The first-order valence-electron chi connectivity index (χ1n) is 4.45. The molecule has 0 spiro atoms. The van der Waals surface area contributed by atoms with Gasteiger partial charge in [-0.3, -0.25) is 4.55 Å². The van der Waals surface area contributed by atoms with Crippen LogP contribution in [0.4, 0.5) is 11.4 Å². The van der Waals surface area contributed by atoms with E-state index in [-0.39, 0.29) is 4.90 Å². The lowest BCUT2D eigenvalue weighted by molar-refractivity contribution is 0.483. The summed E-state index contributed by atoms with van der Waals surface area (Å²) in [5.74, 6) is 0. The Morgan fingerprint density at radius 3 is 2.06 bits per heavy atom. The van der Waals surface area contributed by atoms with Gasteiger partial charge in [0.15, 0.2) is 0 Å². The highest BCUT2D eigenvalue weighted by atomic mass is 32.2. The zero-order chi connectivity index (χ0) is 11.9. The van der Waals surface area contributed by atoms with Gasteiger partial charge in [0.1, 0.15) is 0 Å². The highest BCUT2D eigenvalue weighted by Crippen LogP contribution is 2.28. The van der Waals surface area contributed by atoms with Crippen molar-refractivity contribution in [2.45, 2.75) is 4.90 Å². The molecule has 0 saturated carbocycles. The van der Waals surface area contributed by atoms with Crippen LogP contribution < -0.4 is 11.5 Å². The standard InChI is InChI=1S/C10H10N2O3S/c11-9-3-4-10(12)8-5-6(16(13,14)15)1-2-7(8)9/h1-5H,11-12H2,(H,13,14,15). The molecule has 0 unspecified atom stereocenters. The summed E-state index contributed by atoms with van der Waals surface area (Å²) in [5.41, 5.74) is 12.3. The Morgan fingerprint density at radius 2 is 1.50 bits per heavy atom. The second-order valence-electron chi connectivity index (χ2n) is 3.43. The molecular formula is C10H10N2O3S. The maximum absolute atomic E-state index is 11.0. The smallest absolute Gasteiger partial charge is 0.294 e. The molecule has 0 aliphatic heterocycles. The van der Waals surface area contributed by atoms with Crippen LogP contribution in [-0.2, 0) is 10.1 Å². The molecule has 0 bridgehead atoms. The summed E-state index contributed by atoms with van der Waals surface area (Å²) in [5, 5.41) is 1.17. The third-order valence-corrected chi connectivity index (χ3v) is 3.20. The summed E-state index contributed by atoms with van der Waals surface area (Å²) in [6.07, 6.45) is 0. The van der Waals surface area contributed by atoms with Gasteiger partial charge in [0.05, 0.1) is 4.90 Å². The molecular weight excluding hydrogens is 228 g/mol. The highest BCUT2D eigenvalue weighted by Gasteiger charge is 2.11. The van der Waals surface area contributed by atoms with E-state index in [1.165, 1.54) is 18.2 Å². The molecule has 0 heterocycles. The highest BCUT2D eigenvalue weighted by molar-refractivity contribution is 7.85. The Bertz CT molecular complexity index is 665. The minimum absolute atomic E-state index is 0.197. The van der Waals surface area contributed by atoms with Gasteiger partial charge < -0.3 is 11.5 Å². The van der Waals surface area contributed by atoms with Crippen molar-refractivity contribution in [3.8, 4) is 0 Å². The minimum atomic E-state index is -4.22. The molecule has 2 aromatic carbocycles. The van der Waals surface area contributed by atoms with Crippen LogP contribution in [0.3, 0.4) is 0 Å². The summed E-state index contributed by atoms with van der Waals surface area (Å²) in [4.78, 5) is -0.197. The van der Waals surface area contributed by atoms with E-state index in [4.69, 9.17) is 16.0 Å². The van der Waals surface area contributed by atoms with Gasteiger partial charge >= 0.3 is 0 Å². The Kier molecular flexibility index (Phi) is 2.25. The molecule has 16 heavy (non-hydrogen) atoms. The van der Waals surface area contributed by atoms with Crippen LogP contribution in [0.2, 0.25) is 0 Å². The summed E-state index contributed by atoms with van der Waals surface area (Å²) < 4.78 is 30.8. The maximum atomic E-state index is 11.0. The van der Waals surface area contributed by atoms with Crippen LogP contribution in [0.5, 0.6) is 0 Å². The van der Waals surface area contributed by atoms with Crippen LogP contribution in [0.1, 0.15) is 0 Å². The van der Waals surface area contributed by atoms with Gasteiger partial charge in [-0.05, 0) is 24.3 Å². The molecule has 2 rings (SSSR count). The second kappa shape index (κ2) is 3.36. The molecule has 84 valence electrons. The van der Waals surface area contributed by atoms with Crippen molar-refractivity contribution >= 4 is 32.3 Å². The van der Waals surface area contributed by atoms with Gasteiger partial charge in [-0.25, -0.2) is 0 Å². The molecule has 0 aliphatic rings. The zero-order valence-electron chi connectivity index (χ0n) is 8.21. The SMILES string of the molecule is Nc1ccc(N)c2cc(S(=O)(=O)O)ccc12. The molecule has 0 saturated heterocycles. The quantitative estimate of drug-likeness (QED) is 0.512. The zero-order valence-corrected chi connectivity index (χ0v) is 9.03. The lowest BCUT2D eigenvalue weighted by Crippen LogP contribution is -1.99. The fraction of sp³-hybridized carbons (Fsp3) is 0. The van der Waals surface area contributed by atoms with Gasteiger partial charge in [0, 0.05) is 22.1 Å². The molecule has 0 amide bonds. The fourth-order valence-electron chi connectivity index (χ4n) is 1.53. The van der Waals surface area contributed by atoms with Crippen LogP contribution in [0.25, 0.3) is 10.8 Å². The summed E-state index contributed by atoms with van der Waals surface area (Å²) in [7, 11) is -4.22. The van der Waals surface area contributed by atoms with Crippen LogP contribution >= 0.6 is 0 Å². The monoisotopic (exact) mass is 238 g/mol. The lowest BCUT2D eigenvalue weighted by atomic mass is 10.1. The average Bonchev–Trinajstić information content (AvgIpc) is 2.22. The predicted molar refractivity (Wildman–Crippen MR) is 62.6 cm³/mol. The maximum Gasteiger partial charge on any atom is 0.294 e. The first-order valence-corrected chi connectivity index (χ1v) is 5.89. The molecule has 5 N–H and O–H groups in total. The molecule has 0 atom stereocenters. The Labute approximate surface area is 92.4 Å². The topological polar surface area (TPSA) is 106 Å². The normalized spacial score (nSPS) is 11.8. The largest absolute Gasteiger partial charge is 0.398 e. The molecule has 0 fully saturated rings. The first kappa shape index (κ1) is 10.7. The number of nitrogens with two attached hydrogens (primary N) is 2. The average molecular weight is 238 g/mol. The van der Waals surface area contributed by atoms with Gasteiger partial charge in [-0.15, -0.1) is 0 Å². The molecule has 0 aliphatic carbocycles. The van der Waals surface area contributed by atoms with Gasteiger partial charge in [-0.1, -0.05) is 6.07 Å². The van der Waals surface area contributed by atoms with E-state index in [1.807, 2.05) is 0 Å². The van der Waals surface area contributed by atoms with Crippen molar-refractivity contribution in [3.63, 3.8) is 0 Å². The van der Waals surface area contributed by atoms with Crippen molar-refractivity contribution in [2.75, 3.05) is 11.5 Å². The van der Waals surface area contributed by atoms with E-state index >= 15 is 0 Å². The van der Waals surface area contributed by atoms with Crippen LogP contribution in [0, 0.1) is 0 Å². The number of hydrogen-bond donors (Lipinski definition) is 3. The van der Waals surface area contributed by atoms with E-state index in [0.29, 0.717) is 22.1 Å². The Balaban J connectivity index is 2.86. The van der Waals surface area contributed by atoms with E-state index in [2.05, 4.69) is 0 Å². The van der Waals surface area contributed by atoms with E-state index in [1.54, 1.807) is 12.1 Å². The van der Waals surface area contributed by atoms with Gasteiger partial charge in [-0.2, -0.15) is 8.42 Å². The Morgan fingerprint density at radius 1 is 0.938 bits per heavy atom. The molecule has 0 aromatic heterocycles. The Hall–Kier alpha value is -1.79. The number of nitrogen functional groups attached to an aromatic ring is 2. The van der Waals surface area contributed by atoms with E-state index in [0.717, 1.165) is 0 Å². The summed E-state index contributed by atoms with van der Waals surface area (Å²) in [6, 6.07) is 7.34. The number of benzene rings is 2. The number of fused-ring (bicyclic) bond motifs is 1. The number of hydrogen-bond acceptors (Lipinski definition) is 4. The molecule has 5 nitrogen and oxygen atoms in total. The molecule has 0 radical (unpaired) electrons. The van der Waals surface area contributed by atoms with Crippen molar-refractivity contribution in [1.29, 1.82) is 0 Å². The van der Waals surface area contributed by atoms with Gasteiger partial charge in [0.2, 0.25) is 0 Å². The van der Waals surface area contributed by atoms with Crippen molar-refractivity contribution in [3.05, 3.63) is 30.3 Å². The summed E-state index contributed by atoms with van der Waals surface area (Å²) in [6.45, 7) is 0. The van der Waals surface area contributed by atoms with E-state index in [9.17, 15) is 8.42 Å². The molecule has 6 heteroatoms.